The minimum Gasteiger partial charge on any atom is -0.481 e. The number of hydrogen-bond acceptors (Lipinski definition) is 4. The zero-order valence-electron chi connectivity index (χ0n) is 19.3. The summed E-state index contributed by atoms with van der Waals surface area (Å²) >= 11 is 0. The second kappa shape index (κ2) is 9.25. The zero-order valence-corrected chi connectivity index (χ0v) is 19.3. The van der Waals surface area contributed by atoms with Gasteiger partial charge in [-0.3, -0.25) is 9.59 Å². The smallest absolute Gasteiger partial charge is 0.407 e. The van der Waals surface area contributed by atoms with Gasteiger partial charge < -0.3 is 20.1 Å². The van der Waals surface area contributed by atoms with Crippen molar-refractivity contribution in [1.82, 2.24) is 5.32 Å². The van der Waals surface area contributed by atoms with E-state index in [1.54, 1.807) is 31.2 Å². The molecule has 3 aromatic rings. The molecule has 1 aliphatic heterocycles. The Morgan fingerprint density at radius 3 is 2.11 bits per heavy atom. The van der Waals surface area contributed by atoms with Gasteiger partial charge in [-0.1, -0.05) is 73.7 Å². The molecule has 0 aromatic heterocycles. The summed E-state index contributed by atoms with van der Waals surface area (Å²) in [6.07, 6.45) is -0.325. The summed E-state index contributed by atoms with van der Waals surface area (Å²) in [5.74, 6) is -2.20. The first kappa shape index (κ1) is 22.7. The van der Waals surface area contributed by atoms with Gasteiger partial charge in [0.15, 0.2) is 0 Å². The first-order valence-corrected chi connectivity index (χ1v) is 11.7. The van der Waals surface area contributed by atoms with E-state index in [2.05, 4.69) is 17.4 Å². The number of nitrogens with one attached hydrogen (secondary N) is 1. The standard InChI is InChI=1S/C28H26N2O5/c1-2-24(26(31)30-15-22(27(32)33)21-13-7-8-14-25(21)30)29-28(34)35-16-23-19-11-5-3-9-17(19)18-10-4-6-12-20(18)23/h3-14,22-24H,2,15-16H2,1H3,(H,29,34)(H,32,33)/t22?,24-/m1/s1. The Morgan fingerprint density at radius 1 is 0.943 bits per heavy atom. The van der Waals surface area contributed by atoms with Gasteiger partial charge in [-0.2, -0.15) is 0 Å². The fraction of sp³-hybridized carbons (Fsp3) is 0.250. The van der Waals surface area contributed by atoms with Crippen molar-refractivity contribution >= 4 is 23.7 Å². The van der Waals surface area contributed by atoms with Crippen molar-refractivity contribution in [3.63, 3.8) is 0 Å². The van der Waals surface area contributed by atoms with Crippen LogP contribution in [0.1, 0.15) is 41.9 Å². The number of carbonyl (C=O) groups excluding carboxylic acids is 2. The largest absolute Gasteiger partial charge is 0.481 e. The third-order valence-electron chi connectivity index (χ3n) is 6.87. The minimum atomic E-state index is -0.981. The van der Waals surface area contributed by atoms with E-state index in [0.29, 0.717) is 17.7 Å². The van der Waals surface area contributed by atoms with Gasteiger partial charge in [-0.15, -0.1) is 0 Å². The van der Waals surface area contributed by atoms with Crippen molar-refractivity contribution in [3.8, 4) is 11.1 Å². The molecule has 3 aromatic carbocycles. The molecule has 0 saturated heterocycles. The molecule has 2 N–H and O–H groups in total. The van der Waals surface area contributed by atoms with E-state index < -0.39 is 24.0 Å². The number of amides is 2. The topological polar surface area (TPSA) is 95.9 Å². The van der Waals surface area contributed by atoms with E-state index in [9.17, 15) is 19.5 Å². The molecule has 0 spiro atoms. The van der Waals surface area contributed by atoms with Crippen LogP contribution >= 0.6 is 0 Å². The third-order valence-corrected chi connectivity index (χ3v) is 6.87. The molecule has 1 heterocycles. The van der Waals surface area contributed by atoms with E-state index in [1.807, 2.05) is 36.4 Å². The number of fused-ring (bicyclic) bond motifs is 4. The van der Waals surface area contributed by atoms with Crippen molar-refractivity contribution < 1.29 is 24.2 Å². The van der Waals surface area contributed by atoms with Crippen LogP contribution in [0.4, 0.5) is 10.5 Å². The van der Waals surface area contributed by atoms with Crippen LogP contribution in [-0.2, 0) is 14.3 Å². The summed E-state index contributed by atoms with van der Waals surface area (Å²) < 4.78 is 5.60. The summed E-state index contributed by atoms with van der Waals surface area (Å²) in [4.78, 5) is 39.2. The summed E-state index contributed by atoms with van der Waals surface area (Å²) in [5.41, 5.74) is 5.66. The molecule has 0 radical (unpaired) electrons. The van der Waals surface area contributed by atoms with Gasteiger partial charge in [0.25, 0.3) is 0 Å². The van der Waals surface area contributed by atoms with Crippen molar-refractivity contribution in [3.05, 3.63) is 89.5 Å². The van der Waals surface area contributed by atoms with Crippen LogP contribution < -0.4 is 10.2 Å². The highest BCUT2D eigenvalue weighted by Crippen LogP contribution is 2.44. The molecule has 2 aliphatic rings. The van der Waals surface area contributed by atoms with Crippen LogP contribution in [0, 0.1) is 0 Å². The lowest BCUT2D eigenvalue weighted by Gasteiger charge is -2.24. The van der Waals surface area contributed by atoms with E-state index in [0.717, 1.165) is 22.3 Å². The van der Waals surface area contributed by atoms with E-state index >= 15 is 0 Å². The Bertz CT molecular complexity index is 1260. The Hall–Kier alpha value is -4.13. The first-order chi connectivity index (χ1) is 17.0. The molecule has 0 fully saturated rings. The lowest BCUT2D eigenvalue weighted by Crippen LogP contribution is -2.48. The molecular weight excluding hydrogens is 444 g/mol. The number of benzene rings is 3. The Morgan fingerprint density at radius 2 is 1.51 bits per heavy atom. The molecule has 0 saturated carbocycles. The molecule has 5 rings (SSSR count). The number of nitrogens with zero attached hydrogens (tertiary/aromatic N) is 1. The fourth-order valence-corrected chi connectivity index (χ4v) is 5.14. The number of carbonyl (C=O) groups is 3. The molecule has 35 heavy (non-hydrogen) atoms. The van der Waals surface area contributed by atoms with Crippen LogP contribution in [-0.4, -0.2) is 42.3 Å². The van der Waals surface area contributed by atoms with Gasteiger partial charge >= 0.3 is 12.1 Å². The van der Waals surface area contributed by atoms with Gasteiger partial charge in [-0.25, -0.2) is 4.79 Å². The quantitative estimate of drug-likeness (QED) is 0.552. The normalized spacial score (nSPS) is 16.7. The highest BCUT2D eigenvalue weighted by atomic mass is 16.5. The number of carboxylic acids is 1. The molecular formula is C28H26N2O5. The summed E-state index contributed by atoms with van der Waals surface area (Å²) in [6, 6.07) is 22.3. The number of anilines is 1. The van der Waals surface area contributed by atoms with Gasteiger partial charge in [0.05, 0.1) is 0 Å². The molecule has 7 heteroatoms. The van der Waals surface area contributed by atoms with Crippen LogP contribution in [0.3, 0.4) is 0 Å². The Kier molecular flexibility index (Phi) is 5.99. The van der Waals surface area contributed by atoms with Crippen molar-refractivity contribution in [2.24, 2.45) is 0 Å². The predicted octanol–water partition coefficient (Wildman–Crippen LogP) is 4.52. The molecule has 178 valence electrons. The van der Waals surface area contributed by atoms with E-state index in [4.69, 9.17) is 4.74 Å². The highest BCUT2D eigenvalue weighted by molar-refractivity contribution is 6.02. The molecule has 2 amide bonds. The monoisotopic (exact) mass is 470 g/mol. The van der Waals surface area contributed by atoms with Gasteiger partial charge in [0, 0.05) is 18.2 Å². The lowest BCUT2D eigenvalue weighted by atomic mass is 9.98. The number of hydrogen-bond donors (Lipinski definition) is 2. The number of alkyl carbamates (subject to hydrolysis) is 1. The maximum atomic E-state index is 13.3. The average molecular weight is 471 g/mol. The summed E-state index contributed by atoms with van der Waals surface area (Å²) in [6.45, 7) is 1.98. The van der Waals surface area contributed by atoms with Crippen molar-refractivity contribution in [2.75, 3.05) is 18.1 Å². The Balaban J connectivity index is 1.27. The van der Waals surface area contributed by atoms with E-state index in [1.165, 1.54) is 4.90 Å². The number of para-hydroxylation sites is 1. The summed E-state index contributed by atoms with van der Waals surface area (Å²) in [5, 5.41) is 12.3. The third kappa shape index (κ3) is 4.03. The molecule has 1 unspecified atom stereocenters. The van der Waals surface area contributed by atoms with Crippen LogP contribution in [0.2, 0.25) is 0 Å². The van der Waals surface area contributed by atoms with Crippen LogP contribution in [0.15, 0.2) is 72.8 Å². The number of aliphatic carboxylic acids is 1. The minimum absolute atomic E-state index is 0.0381. The summed E-state index contributed by atoms with van der Waals surface area (Å²) in [7, 11) is 0. The maximum Gasteiger partial charge on any atom is 0.407 e. The molecule has 2 atom stereocenters. The fourth-order valence-electron chi connectivity index (χ4n) is 5.14. The van der Waals surface area contributed by atoms with E-state index in [-0.39, 0.29) is 25.0 Å². The molecule has 7 nitrogen and oxygen atoms in total. The SMILES string of the molecule is CC[C@@H](NC(=O)OCC1c2ccccc2-c2ccccc21)C(=O)N1CC(C(=O)O)c2ccccc21. The maximum absolute atomic E-state index is 13.3. The second-order valence-electron chi connectivity index (χ2n) is 8.83. The van der Waals surface area contributed by atoms with Crippen LogP contribution in [0.25, 0.3) is 11.1 Å². The van der Waals surface area contributed by atoms with Crippen LogP contribution in [0.5, 0.6) is 0 Å². The van der Waals surface area contributed by atoms with Gasteiger partial charge in [-0.05, 0) is 40.3 Å². The zero-order chi connectivity index (χ0) is 24.5. The van der Waals surface area contributed by atoms with Crippen molar-refractivity contribution in [1.29, 1.82) is 0 Å². The lowest BCUT2D eigenvalue weighted by molar-refractivity contribution is -0.138. The molecule has 1 aliphatic carbocycles. The number of carboxylic acid groups (broad SMARTS) is 1. The van der Waals surface area contributed by atoms with Gasteiger partial charge in [0.2, 0.25) is 5.91 Å². The average Bonchev–Trinajstić information content (AvgIpc) is 3.42. The highest BCUT2D eigenvalue weighted by Gasteiger charge is 2.39. The van der Waals surface area contributed by atoms with Crippen molar-refractivity contribution in [2.45, 2.75) is 31.2 Å². The molecule has 0 bridgehead atoms. The Labute approximate surface area is 203 Å². The number of rotatable bonds is 6. The first-order valence-electron chi connectivity index (χ1n) is 11.7. The number of ether oxygens (including phenoxy) is 1. The van der Waals surface area contributed by atoms with Gasteiger partial charge in [0.1, 0.15) is 18.6 Å². The second-order valence-corrected chi connectivity index (χ2v) is 8.83. The predicted molar refractivity (Wildman–Crippen MR) is 131 cm³/mol.